The van der Waals surface area contributed by atoms with Crippen LogP contribution in [-0.4, -0.2) is 106 Å². The molecule has 1 unspecified atom stereocenters. The summed E-state index contributed by atoms with van der Waals surface area (Å²) < 4.78 is 14.5. The minimum Gasteiger partial charge on any atom is -0.508 e. The van der Waals surface area contributed by atoms with Gasteiger partial charge in [0.05, 0.1) is 34.6 Å². The van der Waals surface area contributed by atoms with Crippen LogP contribution in [0, 0.1) is 5.92 Å². The number of amides is 3. The molecule has 3 aromatic heterocycles. The number of aromatic hydroxyl groups is 2. The van der Waals surface area contributed by atoms with Crippen molar-refractivity contribution in [3.05, 3.63) is 110 Å². The molecule has 2 atom stereocenters. The predicted molar refractivity (Wildman–Crippen MR) is 270 cm³/mol. The van der Waals surface area contributed by atoms with Crippen molar-refractivity contribution in [3.8, 4) is 45.7 Å². The summed E-state index contributed by atoms with van der Waals surface area (Å²) in [5.74, 6) is -0.611. The number of benzene rings is 3. The average molecular weight is 993 g/mol. The fourth-order valence-corrected chi connectivity index (χ4v) is 11.2. The Labute approximate surface area is 421 Å². The SMILES string of the molecule is CCNC(=O)c1nnc(-c2cc(C(C)C)c(O)cc2O)n1-c1ccc(CC2CCN(C(=O)C3CCCCN3C(=O)Oc3ccc4nc5c(c(CC)c4c3)Cn3c-5cc4c(c3=O)COC(=O)[C@]4(O)CC)CC2)cc1. The molecule has 18 nitrogen and oxygen atoms in total. The summed E-state index contributed by atoms with van der Waals surface area (Å²) in [4.78, 5) is 76.4. The monoisotopic (exact) mass is 992 g/mol. The summed E-state index contributed by atoms with van der Waals surface area (Å²) >= 11 is 0. The zero-order valence-corrected chi connectivity index (χ0v) is 41.7. The Bertz CT molecular complexity index is 3260. The molecule has 73 heavy (non-hydrogen) atoms. The molecule has 3 aromatic carbocycles. The van der Waals surface area contributed by atoms with Gasteiger partial charge in [0.1, 0.15) is 29.9 Å². The smallest absolute Gasteiger partial charge is 0.415 e. The third-order valence-corrected chi connectivity index (χ3v) is 15.2. The Hall–Kier alpha value is -7.60. The highest BCUT2D eigenvalue weighted by Crippen LogP contribution is 2.42. The number of cyclic esters (lactones) is 1. The Morgan fingerprint density at radius 3 is 2.38 bits per heavy atom. The highest BCUT2D eigenvalue weighted by molar-refractivity contribution is 5.93. The Kier molecular flexibility index (Phi) is 13.0. The molecule has 6 aromatic rings. The predicted octanol–water partition coefficient (Wildman–Crippen LogP) is 7.01. The Balaban J connectivity index is 0.806. The van der Waals surface area contributed by atoms with Crippen LogP contribution in [0.3, 0.4) is 0 Å². The van der Waals surface area contributed by atoms with Gasteiger partial charge in [-0.05, 0) is 129 Å². The van der Waals surface area contributed by atoms with E-state index in [2.05, 4.69) is 15.5 Å². The zero-order chi connectivity index (χ0) is 51.5. The molecule has 2 saturated heterocycles. The van der Waals surface area contributed by atoms with E-state index in [-0.39, 0.29) is 71.2 Å². The molecule has 0 radical (unpaired) electrons. The number of likely N-dealkylation sites (tertiary alicyclic amines) is 2. The van der Waals surface area contributed by atoms with E-state index in [0.29, 0.717) is 84.4 Å². The number of aromatic nitrogens is 5. The molecule has 0 bridgehead atoms. The molecule has 0 saturated carbocycles. The number of rotatable bonds is 11. The van der Waals surface area contributed by atoms with Crippen LogP contribution >= 0.6 is 0 Å². The lowest BCUT2D eigenvalue weighted by atomic mass is 9.86. The molecule has 2 fully saturated rings. The molecule has 3 amide bonds. The van der Waals surface area contributed by atoms with Gasteiger partial charge in [-0.3, -0.25) is 23.9 Å². The van der Waals surface area contributed by atoms with Gasteiger partial charge in [0, 0.05) is 54.4 Å². The fourth-order valence-electron chi connectivity index (χ4n) is 11.2. The lowest BCUT2D eigenvalue weighted by Crippen LogP contribution is -2.55. The van der Waals surface area contributed by atoms with Crippen molar-refractivity contribution < 1.29 is 44.0 Å². The number of fused-ring (bicyclic) bond motifs is 5. The number of esters is 1. The molecule has 4 aliphatic rings. The first kappa shape index (κ1) is 49.0. The molecule has 380 valence electrons. The molecule has 4 N–H and O–H groups in total. The topological polar surface area (TPSA) is 232 Å². The van der Waals surface area contributed by atoms with E-state index in [4.69, 9.17) is 14.5 Å². The Morgan fingerprint density at radius 2 is 1.67 bits per heavy atom. The van der Waals surface area contributed by atoms with E-state index in [1.807, 2.05) is 56.9 Å². The van der Waals surface area contributed by atoms with Gasteiger partial charge in [-0.1, -0.05) is 39.8 Å². The summed E-state index contributed by atoms with van der Waals surface area (Å²) in [6.45, 7) is 11.3. The summed E-state index contributed by atoms with van der Waals surface area (Å²) in [6, 6.07) is 17.1. The number of carbonyl (C=O) groups excluding carboxylic acids is 4. The maximum absolute atomic E-state index is 14.2. The molecule has 0 aliphatic carbocycles. The van der Waals surface area contributed by atoms with Gasteiger partial charge in [0.2, 0.25) is 11.7 Å². The number of phenols is 2. The first-order valence-corrected chi connectivity index (χ1v) is 25.4. The van der Waals surface area contributed by atoms with Crippen molar-refractivity contribution in [2.75, 3.05) is 26.2 Å². The van der Waals surface area contributed by atoms with Gasteiger partial charge in [-0.15, -0.1) is 10.2 Å². The minimum absolute atomic E-state index is 0.0329. The number of carbonyl (C=O) groups is 4. The van der Waals surface area contributed by atoms with Crippen molar-refractivity contribution >= 4 is 34.8 Å². The maximum Gasteiger partial charge on any atom is 0.415 e. The molecule has 4 aliphatic heterocycles. The third-order valence-electron chi connectivity index (χ3n) is 15.2. The second kappa shape index (κ2) is 19.4. The number of hydrogen-bond donors (Lipinski definition) is 4. The largest absolute Gasteiger partial charge is 0.508 e. The maximum atomic E-state index is 14.2. The molecule has 10 rings (SSSR count). The molecule has 7 heterocycles. The van der Waals surface area contributed by atoms with Crippen LogP contribution in [0.2, 0.25) is 0 Å². The number of aryl methyl sites for hydroxylation is 1. The van der Waals surface area contributed by atoms with Crippen LogP contribution in [0.5, 0.6) is 17.2 Å². The normalized spacial score (nSPS) is 18.6. The molecular weight excluding hydrogens is 933 g/mol. The molecule has 0 spiro atoms. The quantitative estimate of drug-likeness (QED) is 0.0957. The van der Waals surface area contributed by atoms with Crippen LogP contribution in [0.1, 0.15) is 123 Å². The number of ether oxygens (including phenoxy) is 2. The van der Waals surface area contributed by atoms with E-state index in [1.54, 1.807) is 51.3 Å². The van der Waals surface area contributed by atoms with Crippen LogP contribution in [0.15, 0.2) is 65.5 Å². The first-order valence-electron chi connectivity index (χ1n) is 25.4. The number of pyridine rings is 2. The summed E-state index contributed by atoms with van der Waals surface area (Å²) in [5.41, 5.74) is 4.42. The number of aliphatic hydroxyl groups is 1. The van der Waals surface area contributed by atoms with Gasteiger partial charge in [-0.25, -0.2) is 14.6 Å². The van der Waals surface area contributed by atoms with Gasteiger partial charge in [-0.2, -0.15) is 0 Å². The van der Waals surface area contributed by atoms with Crippen LogP contribution in [-0.2, 0) is 45.9 Å². The summed E-state index contributed by atoms with van der Waals surface area (Å²) in [6.07, 6.45) is 4.48. The van der Waals surface area contributed by atoms with Gasteiger partial charge >= 0.3 is 12.1 Å². The van der Waals surface area contributed by atoms with Gasteiger partial charge in [0.25, 0.3) is 11.5 Å². The number of nitrogens with zero attached hydrogens (tertiary/aromatic N) is 7. The van der Waals surface area contributed by atoms with Gasteiger partial charge in [0.15, 0.2) is 11.4 Å². The van der Waals surface area contributed by atoms with Crippen molar-refractivity contribution in [2.24, 2.45) is 5.92 Å². The highest BCUT2D eigenvalue weighted by Gasteiger charge is 2.46. The van der Waals surface area contributed by atoms with Crippen LogP contribution in [0.25, 0.3) is 39.4 Å². The zero-order valence-electron chi connectivity index (χ0n) is 41.7. The van der Waals surface area contributed by atoms with Crippen LogP contribution in [0.4, 0.5) is 4.79 Å². The van der Waals surface area contributed by atoms with E-state index in [1.165, 1.54) is 6.07 Å². The van der Waals surface area contributed by atoms with E-state index >= 15 is 0 Å². The second-order valence-electron chi connectivity index (χ2n) is 19.9. The minimum atomic E-state index is -1.93. The van der Waals surface area contributed by atoms with Crippen molar-refractivity contribution in [1.82, 2.24) is 39.4 Å². The van der Waals surface area contributed by atoms with Gasteiger partial charge < -0.3 is 39.6 Å². The van der Waals surface area contributed by atoms with E-state index < -0.39 is 29.6 Å². The number of hydrogen-bond acceptors (Lipinski definition) is 13. The van der Waals surface area contributed by atoms with Crippen molar-refractivity contribution in [1.29, 1.82) is 0 Å². The summed E-state index contributed by atoms with van der Waals surface area (Å²) in [5, 5.41) is 44.9. The average Bonchev–Trinajstić information content (AvgIpc) is 4.00. The number of piperidine rings is 2. The lowest BCUT2D eigenvalue weighted by Gasteiger charge is -2.39. The first-order chi connectivity index (χ1) is 35.1. The summed E-state index contributed by atoms with van der Waals surface area (Å²) in [7, 11) is 0. The standard InChI is InChI=1S/C55H60N8O10/c1-6-35-37-24-34(16-17-42(37)57-47-39(35)28-62-44(47)26-41-40(51(62)67)29-72-53(69)55(41,71)7-2)73-54(70)61-20-10-9-11-43(61)52(68)60-21-18-32(19-22-60)23-31-12-14-33(15-13-31)63-48(58-59-49(63)50(66)56-8-3)38-25-36(30(4)5)45(64)27-46(38)65/h12-17,24-27,30,32,43,64-65,71H,6-11,18-23,28-29H2,1-5H3,(H,56,66)/t43?,55-/m0/s1. The highest BCUT2D eigenvalue weighted by atomic mass is 16.6. The van der Waals surface area contributed by atoms with Crippen LogP contribution < -0.4 is 15.6 Å². The van der Waals surface area contributed by atoms with E-state index in [9.17, 15) is 39.3 Å². The molecule has 18 heteroatoms. The third kappa shape index (κ3) is 8.64. The second-order valence-corrected chi connectivity index (χ2v) is 19.9. The molecular formula is C55H60N8O10. The van der Waals surface area contributed by atoms with Crippen molar-refractivity contribution in [2.45, 2.75) is 117 Å². The number of phenolic OH excluding ortho intramolecular Hbond substituents is 2. The fraction of sp³-hybridized carbons (Fsp3) is 0.418. The van der Waals surface area contributed by atoms with Crippen molar-refractivity contribution in [3.63, 3.8) is 0 Å². The number of nitrogens with one attached hydrogen (secondary N) is 1. The van der Waals surface area contributed by atoms with E-state index in [0.717, 1.165) is 54.2 Å². The Morgan fingerprint density at radius 1 is 0.904 bits per heavy atom. The lowest BCUT2D eigenvalue weighted by molar-refractivity contribution is -0.172.